The number of benzene rings is 1. The fourth-order valence-corrected chi connectivity index (χ4v) is 5.86. The number of hydrogen-bond acceptors (Lipinski definition) is 10. The number of cyclic esters (lactones) is 1. The van der Waals surface area contributed by atoms with Gasteiger partial charge >= 0.3 is 13.9 Å². The van der Waals surface area contributed by atoms with Crippen molar-refractivity contribution >= 4 is 19.6 Å². The molecule has 1 amide bonds. The summed E-state index contributed by atoms with van der Waals surface area (Å²) in [5, 5.41) is 12.0. The minimum absolute atomic E-state index is 0.0783. The zero-order valence-corrected chi connectivity index (χ0v) is 23.3. The molecule has 0 bridgehead atoms. The molecule has 2 atom stereocenters. The lowest BCUT2D eigenvalue weighted by Gasteiger charge is -2.21. The molecule has 4 heterocycles. The Labute approximate surface area is 227 Å². The standard InChI is InChI=1S/C26H33N6O6P/c1-4-6-12-35-39(34,36-13-7-5-2)37-17-24-23-15-20-14-18(9-11-22(20)32(23)26(33)38-24)19-8-10-21(27-16-19)25-28-30-31(3)29-25/h8-11,14,16,23-24H,4-7,12-13,15,17H2,1-3H3/t23-,24-/m0/s1. The Morgan fingerprint density at radius 3 is 2.44 bits per heavy atom. The van der Waals surface area contributed by atoms with Crippen molar-refractivity contribution in [2.24, 2.45) is 7.05 Å². The van der Waals surface area contributed by atoms with E-state index in [1.165, 1.54) is 4.80 Å². The molecule has 1 fully saturated rings. The fourth-order valence-electron chi connectivity index (χ4n) is 4.60. The van der Waals surface area contributed by atoms with Crippen molar-refractivity contribution in [1.29, 1.82) is 0 Å². The SMILES string of the molecule is CCCCOP(=O)(OCCCC)OC[C@@H]1OC(=O)N2c3ccc(-c4ccc(-c5nnn(C)n5)nc4)cc3C[C@@H]12. The number of aromatic nitrogens is 5. The number of phosphoric acid groups is 1. The molecule has 2 aliphatic heterocycles. The second-order valence-electron chi connectivity index (χ2n) is 9.56. The Bertz CT molecular complexity index is 1330. The summed E-state index contributed by atoms with van der Waals surface area (Å²) in [5.41, 5.74) is 4.34. The van der Waals surface area contributed by atoms with Crippen molar-refractivity contribution < 1.29 is 27.7 Å². The van der Waals surface area contributed by atoms with Gasteiger partial charge in [0, 0.05) is 11.8 Å². The third kappa shape index (κ3) is 6.04. The van der Waals surface area contributed by atoms with Gasteiger partial charge in [0.2, 0.25) is 5.82 Å². The maximum atomic E-state index is 13.2. The number of pyridine rings is 1. The van der Waals surface area contributed by atoms with Crippen molar-refractivity contribution in [2.45, 2.75) is 58.1 Å². The van der Waals surface area contributed by atoms with Gasteiger partial charge in [0.05, 0.1) is 38.6 Å². The first-order valence-corrected chi connectivity index (χ1v) is 14.7. The summed E-state index contributed by atoms with van der Waals surface area (Å²) in [6.07, 6.45) is 4.57. The lowest BCUT2D eigenvalue weighted by atomic mass is 10.0. The van der Waals surface area contributed by atoms with Gasteiger partial charge in [-0.1, -0.05) is 38.8 Å². The van der Waals surface area contributed by atoms with Crippen LogP contribution in [0.3, 0.4) is 0 Å². The number of ether oxygens (including phenoxy) is 1. The zero-order valence-electron chi connectivity index (χ0n) is 22.4. The van der Waals surface area contributed by atoms with Crippen LogP contribution in [0.15, 0.2) is 36.5 Å². The molecule has 39 heavy (non-hydrogen) atoms. The number of anilines is 1. The molecule has 5 rings (SSSR count). The van der Waals surface area contributed by atoms with Crippen LogP contribution < -0.4 is 4.90 Å². The van der Waals surface area contributed by atoms with Crippen LogP contribution in [0.25, 0.3) is 22.6 Å². The molecule has 0 radical (unpaired) electrons. The van der Waals surface area contributed by atoms with Gasteiger partial charge < -0.3 is 4.74 Å². The molecule has 1 aromatic carbocycles. The third-order valence-electron chi connectivity index (χ3n) is 6.70. The predicted octanol–water partition coefficient (Wildman–Crippen LogP) is 4.95. The maximum absolute atomic E-state index is 13.2. The summed E-state index contributed by atoms with van der Waals surface area (Å²) in [4.78, 5) is 20.3. The first kappa shape index (κ1) is 27.4. The largest absolute Gasteiger partial charge is 0.474 e. The number of fused-ring (bicyclic) bond motifs is 3. The molecule has 0 aliphatic carbocycles. The molecule has 3 aromatic rings. The van der Waals surface area contributed by atoms with Gasteiger partial charge in [-0.2, -0.15) is 4.80 Å². The van der Waals surface area contributed by atoms with Crippen LogP contribution in [-0.2, 0) is 36.3 Å². The van der Waals surface area contributed by atoms with Crippen molar-refractivity contribution in [2.75, 3.05) is 24.7 Å². The molecule has 2 aliphatic rings. The second-order valence-corrected chi connectivity index (χ2v) is 11.2. The van der Waals surface area contributed by atoms with E-state index in [1.54, 1.807) is 18.1 Å². The van der Waals surface area contributed by atoms with Gasteiger partial charge in [-0.05, 0) is 53.8 Å². The van der Waals surface area contributed by atoms with E-state index in [1.807, 2.05) is 38.1 Å². The summed E-state index contributed by atoms with van der Waals surface area (Å²) in [6.45, 7) is 4.51. The van der Waals surface area contributed by atoms with E-state index < -0.39 is 20.0 Å². The Hall–Kier alpha value is -3.18. The van der Waals surface area contributed by atoms with Gasteiger partial charge in [-0.25, -0.2) is 9.36 Å². The Kier molecular flexibility index (Phi) is 8.37. The van der Waals surface area contributed by atoms with Crippen LogP contribution in [0, 0.1) is 0 Å². The maximum Gasteiger partial charge on any atom is 0.474 e. The number of carbonyl (C=O) groups is 1. The lowest BCUT2D eigenvalue weighted by molar-refractivity contribution is 0.0551. The Morgan fingerprint density at radius 1 is 1.05 bits per heavy atom. The van der Waals surface area contributed by atoms with E-state index in [9.17, 15) is 9.36 Å². The Balaban J connectivity index is 1.27. The van der Waals surface area contributed by atoms with E-state index in [4.69, 9.17) is 18.3 Å². The van der Waals surface area contributed by atoms with Gasteiger partial charge in [0.1, 0.15) is 11.8 Å². The molecule has 208 valence electrons. The van der Waals surface area contributed by atoms with Gasteiger partial charge in [0.15, 0.2) is 0 Å². The average Bonchev–Trinajstić information content (AvgIpc) is 3.62. The lowest BCUT2D eigenvalue weighted by Crippen LogP contribution is -2.35. The molecule has 0 N–H and O–H groups in total. The first-order chi connectivity index (χ1) is 18.9. The summed E-state index contributed by atoms with van der Waals surface area (Å²) in [7, 11) is -2.06. The molecule has 2 aromatic heterocycles. The van der Waals surface area contributed by atoms with E-state index in [-0.39, 0.29) is 25.9 Å². The first-order valence-electron chi connectivity index (χ1n) is 13.3. The van der Waals surface area contributed by atoms with Crippen LogP contribution in [0.2, 0.25) is 0 Å². The van der Waals surface area contributed by atoms with Crippen LogP contribution in [0.1, 0.15) is 45.1 Å². The highest BCUT2D eigenvalue weighted by Crippen LogP contribution is 2.51. The quantitative estimate of drug-likeness (QED) is 0.211. The number of unbranched alkanes of at least 4 members (excludes halogenated alkanes) is 2. The molecular weight excluding hydrogens is 523 g/mol. The molecule has 0 spiro atoms. The molecule has 12 nitrogen and oxygen atoms in total. The monoisotopic (exact) mass is 556 g/mol. The van der Waals surface area contributed by atoms with E-state index in [0.717, 1.165) is 48.1 Å². The molecule has 0 unspecified atom stereocenters. The minimum atomic E-state index is -3.76. The van der Waals surface area contributed by atoms with Crippen molar-refractivity contribution in [3.8, 4) is 22.6 Å². The number of phosphoric ester groups is 1. The van der Waals surface area contributed by atoms with E-state index in [2.05, 4.69) is 26.5 Å². The second kappa shape index (κ2) is 11.9. The van der Waals surface area contributed by atoms with Crippen LogP contribution in [-0.4, -0.2) is 63.3 Å². The van der Waals surface area contributed by atoms with Gasteiger partial charge in [-0.3, -0.25) is 23.5 Å². The summed E-state index contributed by atoms with van der Waals surface area (Å²) < 4.78 is 35.5. The fraction of sp³-hybridized carbons (Fsp3) is 0.500. The number of hydrogen-bond donors (Lipinski definition) is 0. The normalized spacial score (nSPS) is 18.3. The van der Waals surface area contributed by atoms with E-state index in [0.29, 0.717) is 17.9 Å². The number of rotatable bonds is 13. The highest BCUT2D eigenvalue weighted by molar-refractivity contribution is 7.48. The number of nitrogens with zero attached hydrogens (tertiary/aromatic N) is 6. The smallest absolute Gasteiger partial charge is 0.441 e. The summed E-state index contributed by atoms with van der Waals surface area (Å²) in [6, 6.07) is 9.46. The van der Waals surface area contributed by atoms with Gasteiger partial charge in [-0.15, -0.1) is 10.2 Å². The number of tetrazole rings is 1. The Morgan fingerprint density at radius 2 is 1.79 bits per heavy atom. The number of amides is 1. The molecular formula is C26H33N6O6P. The minimum Gasteiger partial charge on any atom is -0.441 e. The highest BCUT2D eigenvalue weighted by atomic mass is 31.2. The van der Waals surface area contributed by atoms with Gasteiger partial charge in [0.25, 0.3) is 0 Å². The summed E-state index contributed by atoms with van der Waals surface area (Å²) >= 11 is 0. The van der Waals surface area contributed by atoms with Crippen molar-refractivity contribution in [3.05, 3.63) is 42.1 Å². The third-order valence-corrected chi connectivity index (χ3v) is 8.17. The summed E-state index contributed by atoms with van der Waals surface area (Å²) in [5.74, 6) is 0.460. The number of carbonyl (C=O) groups excluding carboxylic acids is 1. The predicted molar refractivity (Wildman–Crippen MR) is 143 cm³/mol. The molecule has 13 heteroatoms. The van der Waals surface area contributed by atoms with Crippen molar-refractivity contribution in [3.63, 3.8) is 0 Å². The number of aryl methyl sites for hydroxylation is 1. The topological polar surface area (TPSA) is 131 Å². The van der Waals surface area contributed by atoms with E-state index >= 15 is 0 Å². The molecule has 1 saturated heterocycles. The molecule has 0 saturated carbocycles. The van der Waals surface area contributed by atoms with Crippen LogP contribution >= 0.6 is 7.82 Å². The van der Waals surface area contributed by atoms with Crippen LogP contribution in [0.5, 0.6) is 0 Å². The van der Waals surface area contributed by atoms with Crippen molar-refractivity contribution in [1.82, 2.24) is 25.2 Å². The zero-order chi connectivity index (χ0) is 27.4. The highest BCUT2D eigenvalue weighted by Gasteiger charge is 2.48. The average molecular weight is 557 g/mol. The van der Waals surface area contributed by atoms with Crippen LogP contribution in [0.4, 0.5) is 10.5 Å².